The van der Waals surface area contributed by atoms with Crippen LogP contribution in [0.2, 0.25) is 0 Å². The van der Waals surface area contributed by atoms with Gasteiger partial charge in [-0.25, -0.2) is 0 Å². The molecule has 2 fully saturated rings. The summed E-state index contributed by atoms with van der Waals surface area (Å²) < 4.78 is 49.3. The van der Waals surface area contributed by atoms with Crippen molar-refractivity contribution < 1.29 is 32.4 Å². The highest BCUT2D eigenvalue weighted by Gasteiger charge is 2.34. The predicted molar refractivity (Wildman–Crippen MR) is 96.2 cm³/mol. The summed E-state index contributed by atoms with van der Waals surface area (Å²) in [6, 6.07) is 2.27. The van der Waals surface area contributed by atoms with E-state index in [1.54, 1.807) is 4.90 Å². The number of amides is 1. The molecule has 160 valence electrons. The first-order valence-corrected chi connectivity index (χ1v) is 9.36. The summed E-state index contributed by atoms with van der Waals surface area (Å²) in [5, 5.41) is 13.8. The number of anilines is 1. The molecule has 0 aromatic heterocycles. The maximum atomic E-state index is 12.8. The Morgan fingerprint density at radius 1 is 1.31 bits per heavy atom. The molecule has 0 bridgehead atoms. The number of ether oxygens (including phenoxy) is 2. The minimum Gasteiger partial charge on any atom is -0.379 e. The zero-order valence-corrected chi connectivity index (χ0v) is 15.6. The Morgan fingerprint density at radius 3 is 2.69 bits per heavy atom. The first-order valence-electron chi connectivity index (χ1n) is 9.36. The van der Waals surface area contributed by atoms with Crippen molar-refractivity contribution in [1.82, 2.24) is 4.90 Å². The van der Waals surface area contributed by atoms with Crippen molar-refractivity contribution in [2.45, 2.75) is 31.7 Å². The van der Waals surface area contributed by atoms with Gasteiger partial charge < -0.3 is 19.7 Å². The third-order valence-electron chi connectivity index (χ3n) is 5.02. The van der Waals surface area contributed by atoms with Crippen molar-refractivity contribution in [1.29, 1.82) is 0 Å². The van der Waals surface area contributed by atoms with Crippen molar-refractivity contribution in [3.8, 4) is 0 Å². The molecule has 1 aromatic carbocycles. The van der Waals surface area contributed by atoms with Gasteiger partial charge in [-0.2, -0.15) is 13.2 Å². The summed E-state index contributed by atoms with van der Waals surface area (Å²) in [5.74, 6) is -0.0195. The van der Waals surface area contributed by atoms with E-state index in [0.29, 0.717) is 32.4 Å². The molecular formula is C18H22F3N3O5. The van der Waals surface area contributed by atoms with Crippen LogP contribution in [0.25, 0.3) is 0 Å². The molecule has 2 heterocycles. The van der Waals surface area contributed by atoms with Crippen LogP contribution in [0.5, 0.6) is 0 Å². The zero-order chi connectivity index (χ0) is 21.0. The summed E-state index contributed by atoms with van der Waals surface area (Å²) in [4.78, 5) is 24.4. The smallest absolute Gasteiger partial charge is 0.379 e. The number of nitrogens with one attached hydrogen (secondary N) is 1. The molecule has 3 rings (SSSR count). The number of nitrogens with zero attached hydrogens (tertiary/aromatic N) is 2. The molecule has 2 saturated heterocycles. The highest BCUT2D eigenvalue weighted by atomic mass is 19.4. The van der Waals surface area contributed by atoms with Gasteiger partial charge in [0.1, 0.15) is 5.69 Å². The summed E-state index contributed by atoms with van der Waals surface area (Å²) >= 11 is 0. The minimum absolute atomic E-state index is 0.0555. The van der Waals surface area contributed by atoms with Crippen LogP contribution in [0, 0.1) is 16.0 Å². The quantitative estimate of drug-likeness (QED) is 0.565. The van der Waals surface area contributed by atoms with Crippen molar-refractivity contribution in [2.24, 2.45) is 5.92 Å². The molecule has 0 spiro atoms. The van der Waals surface area contributed by atoms with Gasteiger partial charge in [0.05, 0.1) is 23.7 Å². The predicted octanol–water partition coefficient (Wildman–Crippen LogP) is 3.03. The molecule has 1 N–H and O–H groups in total. The molecule has 8 nitrogen and oxygen atoms in total. The topological polar surface area (TPSA) is 93.9 Å². The molecule has 0 radical (unpaired) electrons. The number of hydrogen-bond donors (Lipinski definition) is 1. The highest BCUT2D eigenvalue weighted by molar-refractivity contribution is 5.77. The van der Waals surface area contributed by atoms with E-state index in [2.05, 4.69) is 5.32 Å². The van der Waals surface area contributed by atoms with Crippen LogP contribution < -0.4 is 5.32 Å². The van der Waals surface area contributed by atoms with Crippen LogP contribution in [0.3, 0.4) is 0 Å². The van der Waals surface area contributed by atoms with E-state index < -0.39 is 22.4 Å². The summed E-state index contributed by atoms with van der Waals surface area (Å²) in [6.45, 7) is 2.30. The number of carbonyl (C=O) groups excluding carboxylic acids is 1. The highest BCUT2D eigenvalue weighted by Crippen LogP contribution is 2.35. The first kappa shape index (κ1) is 21.3. The summed E-state index contributed by atoms with van der Waals surface area (Å²) in [7, 11) is 0. The number of alkyl halides is 3. The monoisotopic (exact) mass is 417 g/mol. The number of nitro groups is 1. The maximum absolute atomic E-state index is 12.8. The van der Waals surface area contributed by atoms with Gasteiger partial charge in [0, 0.05) is 38.0 Å². The van der Waals surface area contributed by atoms with E-state index in [9.17, 15) is 28.1 Å². The molecule has 0 aliphatic carbocycles. The second-order valence-electron chi connectivity index (χ2n) is 7.02. The van der Waals surface area contributed by atoms with Gasteiger partial charge in [-0.3, -0.25) is 14.9 Å². The number of likely N-dealkylation sites (tertiary alicyclic amines) is 1. The average molecular weight is 417 g/mol. The molecular weight excluding hydrogens is 395 g/mol. The number of rotatable bonds is 6. The van der Waals surface area contributed by atoms with Gasteiger partial charge in [-0.05, 0) is 25.0 Å². The molecule has 11 heteroatoms. The van der Waals surface area contributed by atoms with E-state index in [1.165, 1.54) is 0 Å². The van der Waals surface area contributed by atoms with Gasteiger partial charge >= 0.3 is 6.18 Å². The SMILES string of the molecule is O=C(CCNc1ccc(C(F)(F)F)cc1[N+](=O)[O-])N1CCCC(C2OCCO2)C1. The number of nitro benzene ring substituents is 1. The van der Waals surface area contributed by atoms with E-state index in [4.69, 9.17) is 9.47 Å². The second-order valence-corrected chi connectivity index (χ2v) is 7.02. The molecule has 2 aliphatic rings. The number of hydrogen-bond acceptors (Lipinski definition) is 6. The van der Waals surface area contributed by atoms with E-state index in [1.807, 2.05) is 0 Å². The Kier molecular flexibility index (Phi) is 6.58. The van der Waals surface area contributed by atoms with Crippen LogP contribution in [0.1, 0.15) is 24.8 Å². The molecule has 0 saturated carbocycles. The number of benzene rings is 1. The average Bonchev–Trinajstić information content (AvgIpc) is 3.22. The summed E-state index contributed by atoms with van der Waals surface area (Å²) in [5.41, 5.74) is -1.83. The Labute approximate surface area is 165 Å². The van der Waals surface area contributed by atoms with Crippen molar-refractivity contribution in [3.63, 3.8) is 0 Å². The van der Waals surface area contributed by atoms with E-state index in [-0.39, 0.29) is 36.8 Å². The van der Waals surface area contributed by atoms with Crippen molar-refractivity contribution in [3.05, 3.63) is 33.9 Å². The first-order chi connectivity index (χ1) is 13.8. The largest absolute Gasteiger partial charge is 0.416 e. The van der Waals surface area contributed by atoms with Crippen LogP contribution in [0.15, 0.2) is 18.2 Å². The standard InChI is InChI=1S/C18H22F3N3O5/c19-18(20,21)13-3-4-14(15(10-13)24(26)27)22-6-5-16(25)23-7-1-2-12(11-23)17-28-8-9-29-17/h3-4,10,12,17,22H,1-2,5-9,11H2. The molecule has 29 heavy (non-hydrogen) atoms. The third kappa shape index (κ3) is 5.36. The van der Waals surface area contributed by atoms with Gasteiger partial charge in [-0.15, -0.1) is 0 Å². The van der Waals surface area contributed by atoms with Crippen molar-refractivity contribution >= 4 is 17.3 Å². The molecule has 1 unspecified atom stereocenters. The lowest BCUT2D eigenvalue weighted by molar-refractivity contribution is -0.384. The van der Waals surface area contributed by atoms with E-state index in [0.717, 1.165) is 25.0 Å². The summed E-state index contributed by atoms with van der Waals surface area (Å²) in [6.07, 6.45) is -3.16. The normalized spacial score (nSPS) is 20.7. The Balaban J connectivity index is 1.55. The molecule has 1 aromatic rings. The Morgan fingerprint density at radius 2 is 2.03 bits per heavy atom. The fourth-order valence-corrected chi connectivity index (χ4v) is 3.58. The van der Waals surface area contributed by atoms with Gasteiger partial charge in [0.25, 0.3) is 5.69 Å². The lowest BCUT2D eigenvalue weighted by Gasteiger charge is -2.34. The fourth-order valence-electron chi connectivity index (χ4n) is 3.58. The lowest BCUT2D eigenvalue weighted by atomic mass is 9.97. The van der Waals surface area contributed by atoms with Crippen LogP contribution in [-0.4, -0.2) is 54.9 Å². The number of piperidine rings is 1. The molecule has 1 atom stereocenters. The Bertz CT molecular complexity index is 753. The van der Waals surface area contributed by atoms with Crippen LogP contribution in [-0.2, 0) is 20.4 Å². The number of carbonyl (C=O) groups is 1. The maximum Gasteiger partial charge on any atom is 0.416 e. The molecule has 2 aliphatic heterocycles. The molecule has 1 amide bonds. The third-order valence-corrected chi connectivity index (χ3v) is 5.02. The zero-order valence-electron chi connectivity index (χ0n) is 15.6. The van der Waals surface area contributed by atoms with Crippen LogP contribution in [0.4, 0.5) is 24.5 Å². The minimum atomic E-state index is -4.67. The van der Waals surface area contributed by atoms with Gasteiger partial charge in [0.15, 0.2) is 6.29 Å². The Hall–Kier alpha value is -2.40. The van der Waals surface area contributed by atoms with Gasteiger partial charge in [0.2, 0.25) is 5.91 Å². The van der Waals surface area contributed by atoms with E-state index >= 15 is 0 Å². The lowest BCUT2D eigenvalue weighted by Crippen LogP contribution is -2.44. The van der Waals surface area contributed by atoms with Crippen LogP contribution >= 0.6 is 0 Å². The number of halogens is 3. The van der Waals surface area contributed by atoms with Crippen molar-refractivity contribution in [2.75, 3.05) is 38.2 Å². The second kappa shape index (κ2) is 8.95. The fraction of sp³-hybridized carbons (Fsp3) is 0.611. The van der Waals surface area contributed by atoms with Gasteiger partial charge in [-0.1, -0.05) is 0 Å².